The van der Waals surface area contributed by atoms with Gasteiger partial charge in [-0.2, -0.15) is 0 Å². The number of thiazole rings is 1. The summed E-state index contributed by atoms with van der Waals surface area (Å²) in [5.74, 6) is -0.879. The maximum absolute atomic E-state index is 10.5. The molecule has 1 aromatic carbocycles. The third-order valence-corrected chi connectivity index (χ3v) is 4.17. The number of aliphatic carboxylic acids is 1. The number of nitro groups is 1. The molecule has 0 bridgehead atoms. The Morgan fingerprint density at radius 3 is 2.63 bits per heavy atom. The molecule has 19 heavy (non-hydrogen) atoms. The van der Waals surface area contributed by atoms with E-state index in [0.29, 0.717) is 9.90 Å². The molecule has 1 N–H and O–H groups in total. The number of carboxylic acid groups (broad SMARTS) is 1. The molecule has 0 atom stereocenters. The van der Waals surface area contributed by atoms with E-state index >= 15 is 0 Å². The molecule has 0 amide bonds. The van der Waals surface area contributed by atoms with E-state index in [4.69, 9.17) is 5.11 Å². The number of rotatable bonds is 5. The first-order valence-corrected chi connectivity index (χ1v) is 6.76. The van der Waals surface area contributed by atoms with Gasteiger partial charge < -0.3 is 5.11 Å². The zero-order valence-electron chi connectivity index (χ0n) is 9.48. The molecule has 0 saturated heterocycles. The largest absolute Gasteiger partial charge is 0.481 e. The minimum atomic E-state index is -0.879. The van der Waals surface area contributed by atoms with Crippen LogP contribution in [0.5, 0.6) is 0 Å². The van der Waals surface area contributed by atoms with Crippen LogP contribution < -0.4 is 0 Å². The Kier molecular flexibility index (Phi) is 4.13. The van der Waals surface area contributed by atoms with Crippen LogP contribution in [0.1, 0.15) is 5.56 Å². The van der Waals surface area contributed by atoms with Crippen molar-refractivity contribution in [2.24, 2.45) is 0 Å². The van der Waals surface area contributed by atoms with Crippen LogP contribution in [0.3, 0.4) is 0 Å². The van der Waals surface area contributed by atoms with Crippen LogP contribution >= 0.6 is 23.1 Å². The summed E-state index contributed by atoms with van der Waals surface area (Å²) in [5.41, 5.74) is 0.710. The molecule has 1 heterocycles. The predicted molar refractivity (Wildman–Crippen MR) is 70.7 cm³/mol. The normalized spacial score (nSPS) is 10.3. The lowest BCUT2D eigenvalue weighted by Crippen LogP contribution is -1.99. The molecule has 98 valence electrons. The average Bonchev–Trinajstić information content (AvgIpc) is 2.80. The SMILES string of the molecule is O=C(O)Cc1ccc(Sc2ncc([N+](=O)[O-])s2)cc1. The van der Waals surface area contributed by atoms with E-state index in [1.807, 2.05) is 0 Å². The van der Waals surface area contributed by atoms with Crippen LogP contribution in [-0.4, -0.2) is 21.0 Å². The van der Waals surface area contributed by atoms with Crippen molar-refractivity contribution in [3.63, 3.8) is 0 Å². The molecule has 1 aromatic heterocycles. The van der Waals surface area contributed by atoms with E-state index in [1.165, 1.54) is 18.0 Å². The van der Waals surface area contributed by atoms with Gasteiger partial charge in [0.15, 0.2) is 4.34 Å². The lowest BCUT2D eigenvalue weighted by Gasteiger charge is -1.99. The molecule has 0 fully saturated rings. The van der Waals surface area contributed by atoms with Crippen LogP contribution in [0, 0.1) is 10.1 Å². The fourth-order valence-electron chi connectivity index (χ4n) is 1.33. The van der Waals surface area contributed by atoms with Gasteiger partial charge in [-0.15, -0.1) is 0 Å². The summed E-state index contributed by atoms with van der Waals surface area (Å²) >= 11 is 2.32. The Morgan fingerprint density at radius 1 is 1.42 bits per heavy atom. The highest BCUT2D eigenvalue weighted by atomic mass is 32.2. The van der Waals surface area contributed by atoms with E-state index < -0.39 is 10.9 Å². The van der Waals surface area contributed by atoms with Gasteiger partial charge in [-0.05, 0) is 29.0 Å². The van der Waals surface area contributed by atoms with Crippen molar-refractivity contribution in [3.05, 3.63) is 46.1 Å². The molecule has 0 aliphatic heterocycles. The highest BCUT2D eigenvalue weighted by molar-refractivity contribution is 8.01. The van der Waals surface area contributed by atoms with Gasteiger partial charge in [0.1, 0.15) is 6.20 Å². The average molecular weight is 296 g/mol. The van der Waals surface area contributed by atoms with Crippen molar-refractivity contribution < 1.29 is 14.8 Å². The van der Waals surface area contributed by atoms with Gasteiger partial charge in [0.2, 0.25) is 0 Å². The Morgan fingerprint density at radius 2 is 2.11 bits per heavy atom. The number of aromatic nitrogens is 1. The van der Waals surface area contributed by atoms with Gasteiger partial charge in [0, 0.05) is 4.90 Å². The summed E-state index contributed by atoms with van der Waals surface area (Å²) in [6, 6.07) is 6.99. The van der Waals surface area contributed by atoms with Crippen LogP contribution in [0.4, 0.5) is 5.00 Å². The summed E-state index contributed by atoms with van der Waals surface area (Å²) in [5, 5.41) is 19.2. The van der Waals surface area contributed by atoms with E-state index in [9.17, 15) is 14.9 Å². The summed E-state index contributed by atoms with van der Waals surface area (Å²) in [4.78, 5) is 25.4. The van der Waals surface area contributed by atoms with Crippen LogP contribution in [0.2, 0.25) is 0 Å². The minimum Gasteiger partial charge on any atom is -0.481 e. The number of hydrogen-bond donors (Lipinski definition) is 1. The lowest BCUT2D eigenvalue weighted by molar-refractivity contribution is -0.380. The van der Waals surface area contributed by atoms with Crippen molar-refractivity contribution in [2.45, 2.75) is 15.7 Å². The number of carbonyl (C=O) groups is 1. The van der Waals surface area contributed by atoms with Crippen LogP contribution in [-0.2, 0) is 11.2 Å². The number of hydrogen-bond acceptors (Lipinski definition) is 6. The molecule has 6 nitrogen and oxygen atoms in total. The first-order chi connectivity index (χ1) is 9.04. The van der Waals surface area contributed by atoms with Crippen molar-refractivity contribution >= 4 is 34.1 Å². The topological polar surface area (TPSA) is 93.3 Å². The number of benzene rings is 1. The fraction of sp³-hybridized carbons (Fsp3) is 0.0909. The third kappa shape index (κ3) is 3.76. The zero-order chi connectivity index (χ0) is 13.8. The third-order valence-electron chi connectivity index (χ3n) is 2.14. The van der Waals surface area contributed by atoms with Crippen LogP contribution in [0.25, 0.3) is 0 Å². The monoisotopic (exact) mass is 296 g/mol. The first-order valence-electron chi connectivity index (χ1n) is 5.13. The number of nitrogens with zero attached hydrogens (tertiary/aromatic N) is 2. The van der Waals surface area contributed by atoms with E-state index in [1.54, 1.807) is 24.3 Å². The quantitative estimate of drug-likeness (QED) is 0.673. The molecule has 0 aliphatic carbocycles. The molecule has 0 aliphatic rings. The van der Waals surface area contributed by atoms with Gasteiger partial charge in [-0.25, -0.2) is 4.98 Å². The number of carboxylic acids is 1. The van der Waals surface area contributed by atoms with Gasteiger partial charge >= 0.3 is 11.0 Å². The molecule has 0 unspecified atom stereocenters. The van der Waals surface area contributed by atoms with Gasteiger partial charge in [-0.3, -0.25) is 14.9 Å². The Hall–Kier alpha value is -1.93. The first kappa shape index (κ1) is 13.5. The molecule has 8 heteroatoms. The summed E-state index contributed by atoms with van der Waals surface area (Å²) in [6.45, 7) is 0. The van der Waals surface area contributed by atoms with Gasteiger partial charge in [-0.1, -0.05) is 23.9 Å². The van der Waals surface area contributed by atoms with Crippen molar-refractivity contribution in [3.8, 4) is 0 Å². The second-order valence-corrected chi connectivity index (χ2v) is 5.87. The zero-order valence-corrected chi connectivity index (χ0v) is 11.1. The maximum Gasteiger partial charge on any atom is 0.344 e. The fourth-order valence-corrected chi connectivity index (χ4v) is 3.09. The maximum atomic E-state index is 10.5. The molecule has 2 rings (SSSR count). The second-order valence-electron chi connectivity index (χ2n) is 3.54. The molecule has 0 saturated carbocycles. The Balaban J connectivity index is 2.06. The summed E-state index contributed by atoms with van der Waals surface area (Å²) < 4.78 is 0.581. The molecular weight excluding hydrogens is 288 g/mol. The van der Waals surface area contributed by atoms with E-state index in [2.05, 4.69) is 4.98 Å². The highest BCUT2D eigenvalue weighted by Crippen LogP contribution is 2.34. The highest BCUT2D eigenvalue weighted by Gasteiger charge is 2.12. The predicted octanol–water partition coefficient (Wildman–Crippen LogP) is 2.83. The Labute approximate surface area is 116 Å². The van der Waals surface area contributed by atoms with E-state index in [-0.39, 0.29) is 11.4 Å². The standard InChI is InChI=1S/C11H8N2O4S2/c14-10(15)5-7-1-3-8(4-2-7)18-11-12-6-9(19-11)13(16)17/h1-4,6H,5H2,(H,14,15). The van der Waals surface area contributed by atoms with Crippen LogP contribution in [0.15, 0.2) is 39.7 Å². The van der Waals surface area contributed by atoms with E-state index in [0.717, 1.165) is 16.2 Å². The lowest BCUT2D eigenvalue weighted by atomic mass is 10.2. The molecule has 2 aromatic rings. The van der Waals surface area contributed by atoms with Crippen molar-refractivity contribution in [1.29, 1.82) is 0 Å². The van der Waals surface area contributed by atoms with Gasteiger partial charge in [0.05, 0.1) is 11.3 Å². The summed E-state index contributed by atoms with van der Waals surface area (Å²) in [7, 11) is 0. The van der Waals surface area contributed by atoms with Crippen molar-refractivity contribution in [2.75, 3.05) is 0 Å². The smallest absolute Gasteiger partial charge is 0.344 e. The molecular formula is C11H8N2O4S2. The molecule has 0 radical (unpaired) electrons. The summed E-state index contributed by atoms with van der Waals surface area (Å²) in [6.07, 6.45) is 1.21. The molecule has 0 spiro atoms. The van der Waals surface area contributed by atoms with Crippen molar-refractivity contribution in [1.82, 2.24) is 4.98 Å². The van der Waals surface area contributed by atoms with Gasteiger partial charge in [0.25, 0.3) is 0 Å². The minimum absolute atomic E-state index is 0.00463. The second kappa shape index (κ2) is 5.81. The Bertz CT molecular complexity index is 609.